The Morgan fingerprint density at radius 1 is 1.32 bits per heavy atom. The number of halogens is 1. The van der Waals surface area contributed by atoms with E-state index in [0.29, 0.717) is 11.6 Å². The monoisotopic (exact) mass is 276 g/mol. The van der Waals surface area contributed by atoms with Gasteiger partial charge < -0.3 is 5.32 Å². The maximum Gasteiger partial charge on any atom is 0.132 e. The number of nitrogens with zero attached hydrogens (tertiary/aromatic N) is 1. The molecule has 1 aromatic carbocycles. The summed E-state index contributed by atoms with van der Waals surface area (Å²) in [5.41, 5.74) is 1.36. The van der Waals surface area contributed by atoms with E-state index in [4.69, 9.17) is 0 Å². The summed E-state index contributed by atoms with van der Waals surface area (Å²) in [6.45, 7) is 1.11. The molecule has 0 aliphatic carbocycles. The number of thiazole rings is 1. The SMILES string of the molecule is Fc1ccccc1-c1csc(CC2CCCCN2)n1. The molecule has 1 aliphatic heterocycles. The molecule has 2 heterocycles. The summed E-state index contributed by atoms with van der Waals surface area (Å²) in [7, 11) is 0. The van der Waals surface area contributed by atoms with Crippen LogP contribution in [0.4, 0.5) is 4.39 Å². The van der Waals surface area contributed by atoms with Gasteiger partial charge in [-0.15, -0.1) is 11.3 Å². The molecule has 4 heteroatoms. The van der Waals surface area contributed by atoms with E-state index in [1.54, 1.807) is 23.5 Å². The molecule has 1 unspecified atom stereocenters. The number of hydrogen-bond acceptors (Lipinski definition) is 3. The molecular weight excluding hydrogens is 259 g/mol. The Kier molecular flexibility index (Phi) is 3.89. The Bertz CT molecular complexity index is 547. The molecule has 100 valence electrons. The number of nitrogens with one attached hydrogen (secondary N) is 1. The van der Waals surface area contributed by atoms with Crippen LogP contribution in [0.25, 0.3) is 11.3 Å². The zero-order valence-corrected chi connectivity index (χ0v) is 11.5. The molecule has 0 bridgehead atoms. The Hall–Kier alpha value is -1.26. The Labute approximate surface area is 116 Å². The highest BCUT2D eigenvalue weighted by molar-refractivity contribution is 7.09. The lowest BCUT2D eigenvalue weighted by Gasteiger charge is -2.22. The van der Waals surface area contributed by atoms with Gasteiger partial charge in [0.2, 0.25) is 0 Å². The number of benzene rings is 1. The van der Waals surface area contributed by atoms with Gasteiger partial charge in [-0.3, -0.25) is 0 Å². The Morgan fingerprint density at radius 3 is 3.00 bits per heavy atom. The first-order chi connectivity index (χ1) is 9.33. The van der Waals surface area contributed by atoms with E-state index in [-0.39, 0.29) is 5.82 Å². The maximum absolute atomic E-state index is 13.7. The zero-order valence-electron chi connectivity index (χ0n) is 10.7. The van der Waals surface area contributed by atoms with Gasteiger partial charge in [-0.2, -0.15) is 0 Å². The van der Waals surface area contributed by atoms with Gasteiger partial charge in [0.25, 0.3) is 0 Å². The van der Waals surface area contributed by atoms with Gasteiger partial charge >= 0.3 is 0 Å². The number of aromatic nitrogens is 1. The van der Waals surface area contributed by atoms with Crippen LogP contribution in [-0.4, -0.2) is 17.6 Å². The molecule has 1 fully saturated rings. The highest BCUT2D eigenvalue weighted by Gasteiger charge is 2.15. The minimum absolute atomic E-state index is 0.199. The van der Waals surface area contributed by atoms with Gasteiger partial charge in [0.15, 0.2) is 0 Å². The summed E-state index contributed by atoms with van der Waals surface area (Å²) in [6.07, 6.45) is 4.74. The van der Waals surface area contributed by atoms with Crippen molar-refractivity contribution in [3.63, 3.8) is 0 Å². The summed E-state index contributed by atoms with van der Waals surface area (Å²) >= 11 is 1.63. The largest absolute Gasteiger partial charge is 0.314 e. The van der Waals surface area contributed by atoms with Crippen LogP contribution in [0.2, 0.25) is 0 Å². The molecule has 19 heavy (non-hydrogen) atoms. The molecule has 3 rings (SSSR count). The second kappa shape index (κ2) is 5.80. The van der Waals surface area contributed by atoms with Crippen molar-refractivity contribution >= 4 is 11.3 Å². The lowest BCUT2D eigenvalue weighted by atomic mass is 10.0. The second-order valence-corrected chi connectivity index (χ2v) is 5.90. The van der Waals surface area contributed by atoms with Crippen LogP contribution < -0.4 is 5.32 Å². The first-order valence-electron chi connectivity index (χ1n) is 6.75. The average Bonchev–Trinajstić information content (AvgIpc) is 2.89. The van der Waals surface area contributed by atoms with Gasteiger partial charge in [-0.1, -0.05) is 18.6 Å². The van der Waals surface area contributed by atoms with Gasteiger partial charge in [0.1, 0.15) is 5.82 Å². The Morgan fingerprint density at radius 2 is 2.21 bits per heavy atom. The van der Waals surface area contributed by atoms with E-state index >= 15 is 0 Å². The smallest absolute Gasteiger partial charge is 0.132 e. The summed E-state index contributed by atoms with van der Waals surface area (Å²) in [4.78, 5) is 4.57. The standard InChI is InChI=1S/C15H17FN2S/c16-13-7-2-1-6-12(13)14-10-19-15(18-14)9-11-5-3-4-8-17-11/h1-2,6-7,10-11,17H,3-5,8-9H2. The molecule has 0 amide bonds. The lowest BCUT2D eigenvalue weighted by molar-refractivity contribution is 0.399. The number of rotatable bonds is 3. The van der Waals surface area contributed by atoms with E-state index in [1.807, 2.05) is 11.4 Å². The first-order valence-corrected chi connectivity index (χ1v) is 7.63. The van der Waals surface area contributed by atoms with Crippen LogP contribution in [0.1, 0.15) is 24.3 Å². The minimum atomic E-state index is -0.199. The fourth-order valence-corrected chi connectivity index (χ4v) is 3.38. The van der Waals surface area contributed by atoms with Crippen LogP contribution in [0.5, 0.6) is 0 Å². The summed E-state index contributed by atoms with van der Waals surface area (Å²) in [5.74, 6) is -0.199. The number of piperidine rings is 1. The van der Waals surface area contributed by atoms with Gasteiger partial charge in [-0.25, -0.2) is 9.37 Å². The summed E-state index contributed by atoms with van der Waals surface area (Å²) in [6, 6.07) is 7.36. The third-order valence-corrected chi connectivity index (χ3v) is 4.41. The van der Waals surface area contributed by atoms with Crippen molar-refractivity contribution in [2.45, 2.75) is 31.7 Å². The van der Waals surface area contributed by atoms with Crippen molar-refractivity contribution in [1.29, 1.82) is 0 Å². The van der Waals surface area contributed by atoms with E-state index in [1.165, 1.54) is 25.3 Å². The van der Waals surface area contributed by atoms with Crippen molar-refractivity contribution in [2.75, 3.05) is 6.54 Å². The highest BCUT2D eigenvalue weighted by atomic mass is 32.1. The van der Waals surface area contributed by atoms with Crippen LogP contribution in [-0.2, 0) is 6.42 Å². The first kappa shape index (κ1) is 12.8. The minimum Gasteiger partial charge on any atom is -0.314 e. The van der Waals surface area contributed by atoms with E-state index in [2.05, 4.69) is 10.3 Å². The maximum atomic E-state index is 13.7. The Balaban J connectivity index is 1.74. The lowest BCUT2D eigenvalue weighted by Crippen LogP contribution is -2.35. The molecule has 1 atom stereocenters. The second-order valence-electron chi connectivity index (χ2n) is 4.96. The summed E-state index contributed by atoms with van der Waals surface area (Å²) < 4.78 is 13.7. The molecule has 1 aromatic heterocycles. The topological polar surface area (TPSA) is 24.9 Å². The van der Waals surface area contributed by atoms with Crippen LogP contribution >= 0.6 is 11.3 Å². The van der Waals surface area contributed by atoms with Crippen molar-refractivity contribution in [3.05, 3.63) is 40.5 Å². The predicted molar refractivity (Wildman–Crippen MR) is 76.9 cm³/mol. The summed E-state index contributed by atoms with van der Waals surface area (Å²) in [5, 5.41) is 6.57. The fourth-order valence-electron chi connectivity index (χ4n) is 2.51. The van der Waals surface area contributed by atoms with E-state index < -0.39 is 0 Å². The quantitative estimate of drug-likeness (QED) is 0.926. The van der Waals surface area contributed by atoms with Crippen molar-refractivity contribution in [2.24, 2.45) is 0 Å². The third-order valence-electron chi connectivity index (χ3n) is 3.53. The van der Waals surface area contributed by atoms with E-state index in [0.717, 1.165) is 23.7 Å². The molecule has 0 saturated carbocycles. The zero-order chi connectivity index (χ0) is 13.1. The number of hydrogen-bond donors (Lipinski definition) is 1. The molecule has 0 radical (unpaired) electrons. The van der Waals surface area contributed by atoms with Crippen LogP contribution in [0.15, 0.2) is 29.6 Å². The molecule has 0 spiro atoms. The van der Waals surface area contributed by atoms with Crippen LogP contribution in [0.3, 0.4) is 0 Å². The normalized spacial score (nSPS) is 19.5. The highest BCUT2D eigenvalue weighted by Crippen LogP contribution is 2.25. The molecule has 2 aromatic rings. The van der Waals surface area contributed by atoms with E-state index in [9.17, 15) is 4.39 Å². The molecule has 1 saturated heterocycles. The fraction of sp³-hybridized carbons (Fsp3) is 0.400. The molecule has 2 nitrogen and oxygen atoms in total. The molecule has 1 N–H and O–H groups in total. The van der Waals surface area contributed by atoms with Crippen molar-refractivity contribution < 1.29 is 4.39 Å². The van der Waals surface area contributed by atoms with Crippen molar-refractivity contribution in [1.82, 2.24) is 10.3 Å². The van der Waals surface area contributed by atoms with Gasteiger partial charge in [0.05, 0.1) is 10.7 Å². The van der Waals surface area contributed by atoms with Crippen molar-refractivity contribution in [3.8, 4) is 11.3 Å². The van der Waals surface area contributed by atoms with Crippen LogP contribution in [0, 0.1) is 5.82 Å². The predicted octanol–water partition coefficient (Wildman–Crippen LogP) is 3.63. The molecule has 1 aliphatic rings. The third kappa shape index (κ3) is 3.01. The average molecular weight is 276 g/mol. The van der Waals surface area contributed by atoms with Gasteiger partial charge in [-0.05, 0) is 31.5 Å². The van der Waals surface area contributed by atoms with Gasteiger partial charge in [0, 0.05) is 23.4 Å². The molecular formula is C15H17FN2S.